The summed E-state index contributed by atoms with van der Waals surface area (Å²) < 4.78 is 5.35. The van der Waals surface area contributed by atoms with Gasteiger partial charge in [-0.25, -0.2) is 0 Å². The molecule has 122 valence electrons. The Morgan fingerprint density at radius 2 is 2.12 bits per heavy atom. The second-order valence-corrected chi connectivity index (χ2v) is 6.78. The Hall–Kier alpha value is -2.63. The van der Waals surface area contributed by atoms with Crippen LogP contribution >= 0.6 is 0 Å². The van der Waals surface area contributed by atoms with Crippen LogP contribution in [0.3, 0.4) is 0 Å². The minimum Gasteiger partial charge on any atom is -0.361 e. The standard InChI is InChI=1S/C18H18N4O2/c23-18(13-4-1-11-5-7-19-15(11)9-13)22-8-6-14(10-22)16-20-17(24-21-16)12-2-3-12/h1,4-5,7,9,12,14,19H,2-3,6,8,10H2. The van der Waals surface area contributed by atoms with Gasteiger partial charge in [-0.15, -0.1) is 0 Å². The first kappa shape index (κ1) is 13.8. The molecule has 5 rings (SSSR count). The van der Waals surface area contributed by atoms with Crippen molar-refractivity contribution in [1.29, 1.82) is 0 Å². The topological polar surface area (TPSA) is 75.0 Å². The van der Waals surface area contributed by atoms with Gasteiger partial charge in [-0.05, 0) is 42.8 Å². The lowest BCUT2D eigenvalue weighted by molar-refractivity contribution is 0.0790. The highest BCUT2D eigenvalue weighted by Gasteiger charge is 2.34. The van der Waals surface area contributed by atoms with Gasteiger partial charge in [0.05, 0.1) is 0 Å². The quantitative estimate of drug-likeness (QED) is 0.804. The number of benzene rings is 1. The number of amides is 1. The van der Waals surface area contributed by atoms with Crippen molar-refractivity contribution in [3.8, 4) is 0 Å². The highest BCUT2D eigenvalue weighted by Crippen LogP contribution is 2.39. The summed E-state index contributed by atoms with van der Waals surface area (Å²) in [7, 11) is 0. The number of H-pyrrole nitrogens is 1. The van der Waals surface area contributed by atoms with Gasteiger partial charge in [-0.3, -0.25) is 4.79 Å². The van der Waals surface area contributed by atoms with Crippen molar-refractivity contribution in [3.05, 3.63) is 47.7 Å². The predicted molar refractivity (Wildman–Crippen MR) is 87.8 cm³/mol. The summed E-state index contributed by atoms with van der Waals surface area (Å²) in [6.45, 7) is 1.39. The molecule has 1 saturated heterocycles. The van der Waals surface area contributed by atoms with Crippen LogP contribution in [-0.4, -0.2) is 39.0 Å². The molecule has 24 heavy (non-hydrogen) atoms. The van der Waals surface area contributed by atoms with Gasteiger partial charge in [0.25, 0.3) is 5.91 Å². The van der Waals surface area contributed by atoms with Gasteiger partial charge in [0.2, 0.25) is 5.89 Å². The van der Waals surface area contributed by atoms with Gasteiger partial charge in [0, 0.05) is 42.2 Å². The number of carbonyl (C=O) groups excluding carboxylic acids is 1. The van der Waals surface area contributed by atoms with E-state index in [1.54, 1.807) is 0 Å². The zero-order chi connectivity index (χ0) is 16.1. The molecule has 1 N–H and O–H groups in total. The molecule has 0 bridgehead atoms. The van der Waals surface area contributed by atoms with E-state index in [1.165, 1.54) is 0 Å². The van der Waals surface area contributed by atoms with Crippen LogP contribution in [0, 0.1) is 0 Å². The van der Waals surface area contributed by atoms with E-state index in [0.717, 1.165) is 54.0 Å². The molecule has 1 saturated carbocycles. The van der Waals surface area contributed by atoms with E-state index in [2.05, 4.69) is 15.1 Å². The van der Waals surface area contributed by atoms with Crippen molar-refractivity contribution in [2.45, 2.75) is 31.1 Å². The van der Waals surface area contributed by atoms with Gasteiger partial charge in [0.1, 0.15) is 0 Å². The molecule has 1 amide bonds. The van der Waals surface area contributed by atoms with Crippen LogP contribution in [0.15, 0.2) is 35.0 Å². The van der Waals surface area contributed by atoms with Crippen LogP contribution in [0.25, 0.3) is 10.9 Å². The Kier molecular flexibility index (Phi) is 2.98. The molecule has 6 nitrogen and oxygen atoms in total. The molecular formula is C18H18N4O2. The Bertz CT molecular complexity index is 909. The maximum atomic E-state index is 12.8. The first-order valence-electron chi connectivity index (χ1n) is 8.48. The van der Waals surface area contributed by atoms with Crippen molar-refractivity contribution < 1.29 is 9.32 Å². The molecule has 0 radical (unpaired) electrons. The van der Waals surface area contributed by atoms with E-state index >= 15 is 0 Å². The molecule has 2 fully saturated rings. The highest BCUT2D eigenvalue weighted by atomic mass is 16.5. The monoisotopic (exact) mass is 322 g/mol. The molecule has 0 spiro atoms. The summed E-state index contributed by atoms with van der Waals surface area (Å²) in [6.07, 6.45) is 5.08. The normalized spacial score (nSPS) is 20.8. The molecule has 1 aliphatic heterocycles. The average Bonchev–Trinajstić information content (AvgIpc) is 3.06. The van der Waals surface area contributed by atoms with Crippen molar-refractivity contribution in [3.63, 3.8) is 0 Å². The van der Waals surface area contributed by atoms with Crippen LogP contribution in [0.5, 0.6) is 0 Å². The number of aromatic amines is 1. The maximum Gasteiger partial charge on any atom is 0.253 e. The van der Waals surface area contributed by atoms with Crippen LogP contribution < -0.4 is 0 Å². The second-order valence-electron chi connectivity index (χ2n) is 6.78. The van der Waals surface area contributed by atoms with E-state index in [4.69, 9.17) is 4.52 Å². The van der Waals surface area contributed by atoms with Crippen molar-refractivity contribution in [2.75, 3.05) is 13.1 Å². The van der Waals surface area contributed by atoms with Crippen molar-refractivity contribution in [2.24, 2.45) is 0 Å². The van der Waals surface area contributed by atoms with Crippen LogP contribution in [0.1, 0.15) is 53.2 Å². The van der Waals surface area contributed by atoms with Gasteiger partial charge >= 0.3 is 0 Å². The third-order valence-corrected chi connectivity index (χ3v) is 5.03. The summed E-state index contributed by atoms with van der Waals surface area (Å²) in [6, 6.07) is 7.80. The predicted octanol–water partition coefficient (Wildman–Crippen LogP) is 3.06. The average molecular weight is 322 g/mol. The van der Waals surface area contributed by atoms with Crippen LogP contribution in [-0.2, 0) is 0 Å². The lowest BCUT2D eigenvalue weighted by Gasteiger charge is -2.16. The minimum absolute atomic E-state index is 0.0694. The first-order chi connectivity index (χ1) is 11.8. The molecular weight excluding hydrogens is 304 g/mol. The molecule has 2 aromatic heterocycles. The van der Waals surface area contributed by atoms with Gasteiger partial charge in [0.15, 0.2) is 5.82 Å². The van der Waals surface area contributed by atoms with Crippen LogP contribution in [0.2, 0.25) is 0 Å². The zero-order valence-corrected chi connectivity index (χ0v) is 13.2. The maximum absolute atomic E-state index is 12.8. The third-order valence-electron chi connectivity index (χ3n) is 5.03. The van der Waals surface area contributed by atoms with E-state index < -0.39 is 0 Å². The summed E-state index contributed by atoms with van der Waals surface area (Å²) >= 11 is 0. The smallest absolute Gasteiger partial charge is 0.253 e. The number of carbonyl (C=O) groups is 1. The molecule has 6 heteroatoms. The van der Waals surface area contributed by atoms with Crippen molar-refractivity contribution in [1.82, 2.24) is 20.0 Å². The molecule has 3 aromatic rings. The summed E-state index contributed by atoms with van der Waals surface area (Å²) in [5, 5.41) is 5.25. The summed E-state index contributed by atoms with van der Waals surface area (Å²) in [5.41, 5.74) is 1.71. The summed E-state index contributed by atoms with van der Waals surface area (Å²) in [5.74, 6) is 2.25. The fourth-order valence-electron chi connectivity index (χ4n) is 3.43. The largest absolute Gasteiger partial charge is 0.361 e. The van der Waals surface area contributed by atoms with Gasteiger partial charge in [-0.1, -0.05) is 11.2 Å². The SMILES string of the molecule is O=C(c1ccc2cc[nH]c2c1)N1CCC(c2noc(C3CC3)n2)C1. The summed E-state index contributed by atoms with van der Waals surface area (Å²) in [4.78, 5) is 22.3. The molecule has 3 heterocycles. The fourth-order valence-corrected chi connectivity index (χ4v) is 3.43. The van der Waals surface area contributed by atoms with E-state index in [0.29, 0.717) is 12.5 Å². The fraction of sp³-hybridized carbons (Fsp3) is 0.389. The van der Waals surface area contributed by atoms with Crippen LogP contribution in [0.4, 0.5) is 0 Å². The minimum atomic E-state index is 0.0694. The molecule has 1 aromatic carbocycles. The second kappa shape index (κ2) is 5.19. The number of aromatic nitrogens is 3. The van der Waals surface area contributed by atoms with Gasteiger partial charge in [-0.2, -0.15) is 4.98 Å². The Labute approximate surface area is 138 Å². The zero-order valence-electron chi connectivity index (χ0n) is 13.2. The number of likely N-dealkylation sites (tertiary alicyclic amines) is 1. The van der Waals surface area contributed by atoms with E-state index in [1.807, 2.05) is 35.4 Å². The number of rotatable bonds is 3. The molecule has 2 aliphatic rings. The Balaban J connectivity index is 1.32. The van der Waals surface area contributed by atoms with E-state index in [9.17, 15) is 4.79 Å². The first-order valence-corrected chi connectivity index (χ1v) is 8.48. The Morgan fingerprint density at radius 3 is 3.00 bits per heavy atom. The number of hydrogen-bond donors (Lipinski definition) is 1. The Morgan fingerprint density at radius 1 is 1.21 bits per heavy atom. The number of fused-ring (bicyclic) bond motifs is 1. The van der Waals surface area contributed by atoms with E-state index in [-0.39, 0.29) is 11.8 Å². The number of nitrogens with zero attached hydrogens (tertiary/aromatic N) is 3. The number of hydrogen-bond acceptors (Lipinski definition) is 4. The molecule has 1 atom stereocenters. The third kappa shape index (κ3) is 2.29. The number of nitrogens with one attached hydrogen (secondary N) is 1. The van der Waals surface area contributed by atoms with Crippen molar-refractivity contribution >= 4 is 16.8 Å². The molecule has 1 unspecified atom stereocenters. The lowest BCUT2D eigenvalue weighted by atomic mass is 10.1. The lowest BCUT2D eigenvalue weighted by Crippen LogP contribution is -2.28. The van der Waals surface area contributed by atoms with Gasteiger partial charge < -0.3 is 14.4 Å². The molecule has 1 aliphatic carbocycles. The highest BCUT2D eigenvalue weighted by molar-refractivity contribution is 5.98.